The number of aromatic nitrogens is 3. The van der Waals surface area contributed by atoms with E-state index < -0.39 is 11.6 Å². The van der Waals surface area contributed by atoms with Gasteiger partial charge in [-0.2, -0.15) is 5.10 Å². The maximum Gasteiger partial charge on any atom is 0.162 e. The van der Waals surface area contributed by atoms with Crippen molar-refractivity contribution >= 4 is 0 Å². The van der Waals surface area contributed by atoms with Crippen LogP contribution in [0.25, 0.3) is 0 Å². The monoisotopic (exact) mass is 384 g/mol. The number of ether oxygens (including phenoxy) is 1. The lowest BCUT2D eigenvalue weighted by atomic mass is 10.1. The fourth-order valence-corrected chi connectivity index (χ4v) is 3.60. The zero-order valence-corrected chi connectivity index (χ0v) is 15.4. The van der Waals surface area contributed by atoms with Crippen molar-refractivity contribution in [3.05, 3.63) is 77.4 Å². The molecular weight excluding hydrogens is 362 g/mol. The fraction of sp³-hybridized carbons (Fsp3) is 0.333. The predicted molar refractivity (Wildman–Crippen MR) is 101 cm³/mol. The van der Waals surface area contributed by atoms with Crippen LogP contribution in [0.3, 0.4) is 0 Å². The molecule has 1 N–H and O–H groups in total. The molecule has 1 aromatic carbocycles. The number of nitrogens with zero attached hydrogens (tertiary/aromatic N) is 3. The van der Waals surface area contributed by atoms with Crippen LogP contribution in [0, 0.1) is 11.6 Å². The molecule has 0 aliphatic carbocycles. The molecule has 1 fully saturated rings. The molecule has 0 saturated carbocycles. The number of pyridine rings is 1. The number of nitrogens with one attached hydrogen (secondary N) is 1. The van der Waals surface area contributed by atoms with Gasteiger partial charge in [0.15, 0.2) is 11.6 Å². The van der Waals surface area contributed by atoms with E-state index >= 15 is 0 Å². The van der Waals surface area contributed by atoms with Crippen molar-refractivity contribution in [1.82, 2.24) is 20.1 Å². The molecule has 2 aromatic heterocycles. The van der Waals surface area contributed by atoms with Gasteiger partial charge in [0.1, 0.15) is 5.75 Å². The largest absolute Gasteiger partial charge is 0.493 e. The standard InChI is InChI=1S/C21H22F2N4O/c22-18-6-5-17(12-19(18)23)28-10-7-16-11-20(26-25-16)21-4-2-9-27(21)14-15-3-1-8-24-13-15/h1,3,5-6,8,11-13,21H,2,4,7,9-10,14H2,(H,25,26)/t21-/m1/s1. The summed E-state index contributed by atoms with van der Waals surface area (Å²) >= 11 is 0. The lowest BCUT2D eigenvalue weighted by molar-refractivity contribution is 0.244. The highest BCUT2D eigenvalue weighted by Gasteiger charge is 2.28. The van der Waals surface area contributed by atoms with Crippen LogP contribution in [0.15, 0.2) is 48.8 Å². The van der Waals surface area contributed by atoms with Crippen molar-refractivity contribution in [1.29, 1.82) is 0 Å². The van der Waals surface area contributed by atoms with E-state index in [0.29, 0.717) is 18.8 Å². The Morgan fingerprint density at radius 1 is 1.18 bits per heavy atom. The first-order valence-electron chi connectivity index (χ1n) is 9.44. The third-order valence-electron chi connectivity index (χ3n) is 5.00. The maximum atomic E-state index is 13.2. The highest BCUT2D eigenvalue weighted by atomic mass is 19.2. The van der Waals surface area contributed by atoms with Gasteiger partial charge in [-0.25, -0.2) is 8.78 Å². The molecule has 7 heteroatoms. The number of H-pyrrole nitrogens is 1. The molecular formula is C21H22F2N4O. The van der Waals surface area contributed by atoms with Gasteiger partial charge in [-0.3, -0.25) is 15.0 Å². The van der Waals surface area contributed by atoms with Crippen LogP contribution in [-0.2, 0) is 13.0 Å². The molecule has 28 heavy (non-hydrogen) atoms. The first-order valence-corrected chi connectivity index (χ1v) is 9.44. The lowest BCUT2D eigenvalue weighted by Gasteiger charge is -2.22. The third kappa shape index (κ3) is 4.36. The molecule has 3 heterocycles. The van der Waals surface area contributed by atoms with Gasteiger partial charge >= 0.3 is 0 Å². The third-order valence-corrected chi connectivity index (χ3v) is 5.00. The Morgan fingerprint density at radius 2 is 2.11 bits per heavy atom. The number of halogens is 2. The van der Waals surface area contributed by atoms with E-state index in [4.69, 9.17) is 4.74 Å². The summed E-state index contributed by atoms with van der Waals surface area (Å²) < 4.78 is 31.7. The van der Waals surface area contributed by atoms with Crippen molar-refractivity contribution in [3.63, 3.8) is 0 Å². The van der Waals surface area contributed by atoms with Crippen molar-refractivity contribution in [3.8, 4) is 5.75 Å². The topological polar surface area (TPSA) is 54.0 Å². The smallest absolute Gasteiger partial charge is 0.162 e. The summed E-state index contributed by atoms with van der Waals surface area (Å²) in [5.41, 5.74) is 3.19. The van der Waals surface area contributed by atoms with E-state index in [2.05, 4.69) is 32.2 Å². The second-order valence-corrected chi connectivity index (χ2v) is 6.98. The highest BCUT2D eigenvalue weighted by Crippen LogP contribution is 2.32. The van der Waals surface area contributed by atoms with Crippen LogP contribution in [0.1, 0.15) is 35.8 Å². The molecule has 1 aliphatic heterocycles. The van der Waals surface area contributed by atoms with Gasteiger partial charge in [-0.05, 0) is 49.2 Å². The summed E-state index contributed by atoms with van der Waals surface area (Å²) in [6.45, 7) is 2.26. The lowest BCUT2D eigenvalue weighted by Crippen LogP contribution is -2.23. The van der Waals surface area contributed by atoms with Gasteiger partial charge in [0.2, 0.25) is 0 Å². The molecule has 1 atom stereocenters. The SMILES string of the molecule is Fc1ccc(OCCc2cc([C@H]3CCCN3Cc3cccnc3)n[nH]2)cc1F. The molecule has 1 saturated heterocycles. The Balaban J connectivity index is 1.33. The molecule has 4 rings (SSSR count). The fourth-order valence-electron chi connectivity index (χ4n) is 3.60. The zero-order chi connectivity index (χ0) is 19.3. The number of hydrogen-bond donors (Lipinski definition) is 1. The van der Waals surface area contributed by atoms with Gasteiger partial charge in [-0.15, -0.1) is 0 Å². The first-order chi connectivity index (χ1) is 13.7. The predicted octanol–water partition coefficient (Wildman–Crippen LogP) is 4.04. The van der Waals surface area contributed by atoms with E-state index in [1.165, 1.54) is 11.6 Å². The number of aromatic amines is 1. The van der Waals surface area contributed by atoms with Gasteiger partial charge in [-0.1, -0.05) is 6.07 Å². The maximum absolute atomic E-state index is 13.2. The van der Waals surface area contributed by atoms with Crippen LogP contribution < -0.4 is 4.74 Å². The zero-order valence-electron chi connectivity index (χ0n) is 15.4. The van der Waals surface area contributed by atoms with Gasteiger partial charge in [0.25, 0.3) is 0 Å². The number of likely N-dealkylation sites (tertiary alicyclic amines) is 1. The number of benzene rings is 1. The molecule has 146 valence electrons. The molecule has 5 nitrogen and oxygen atoms in total. The Morgan fingerprint density at radius 3 is 2.93 bits per heavy atom. The second kappa shape index (κ2) is 8.48. The van der Waals surface area contributed by atoms with Crippen molar-refractivity contribution in [2.75, 3.05) is 13.2 Å². The van der Waals surface area contributed by atoms with Crippen molar-refractivity contribution in [2.24, 2.45) is 0 Å². The molecule has 0 spiro atoms. The Hall–Kier alpha value is -2.80. The molecule has 1 aliphatic rings. The van der Waals surface area contributed by atoms with E-state index in [1.807, 2.05) is 12.3 Å². The molecule has 0 amide bonds. The average molecular weight is 384 g/mol. The van der Waals surface area contributed by atoms with Crippen molar-refractivity contribution < 1.29 is 13.5 Å². The first kappa shape index (κ1) is 18.6. The van der Waals surface area contributed by atoms with E-state index in [-0.39, 0.29) is 6.04 Å². The van der Waals surface area contributed by atoms with Gasteiger partial charge in [0, 0.05) is 37.1 Å². The summed E-state index contributed by atoms with van der Waals surface area (Å²) in [6.07, 6.45) is 6.53. The molecule has 0 radical (unpaired) electrons. The summed E-state index contributed by atoms with van der Waals surface area (Å²) in [4.78, 5) is 6.62. The summed E-state index contributed by atoms with van der Waals surface area (Å²) in [7, 11) is 0. The number of rotatable bonds is 7. The van der Waals surface area contributed by atoms with Crippen LogP contribution in [0.5, 0.6) is 5.75 Å². The van der Waals surface area contributed by atoms with Crippen LogP contribution in [0.4, 0.5) is 8.78 Å². The average Bonchev–Trinajstić information content (AvgIpc) is 3.35. The normalized spacial score (nSPS) is 17.1. The molecule has 0 bridgehead atoms. The van der Waals surface area contributed by atoms with Crippen LogP contribution in [0.2, 0.25) is 0 Å². The van der Waals surface area contributed by atoms with E-state index in [9.17, 15) is 8.78 Å². The van der Waals surface area contributed by atoms with E-state index in [0.717, 1.165) is 49.5 Å². The second-order valence-electron chi connectivity index (χ2n) is 6.98. The number of hydrogen-bond acceptors (Lipinski definition) is 4. The molecule has 3 aromatic rings. The summed E-state index contributed by atoms with van der Waals surface area (Å²) in [6, 6.07) is 9.95. The van der Waals surface area contributed by atoms with Crippen molar-refractivity contribution in [2.45, 2.75) is 31.8 Å². The van der Waals surface area contributed by atoms with Crippen LogP contribution >= 0.6 is 0 Å². The highest BCUT2D eigenvalue weighted by molar-refractivity contribution is 5.24. The minimum absolute atomic E-state index is 0.289. The Bertz CT molecular complexity index is 916. The quantitative estimate of drug-likeness (QED) is 0.668. The Kier molecular flexibility index (Phi) is 5.62. The summed E-state index contributed by atoms with van der Waals surface area (Å²) in [5, 5.41) is 7.56. The van der Waals surface area contributed by atoms with Gasteiger partial charge < -0.3 is 4.74 Å². The minimum Gasteiger partial charge on any atom is -0.493 e. The van der Waals surface area contributed by atoms with E-state index in [1.54, 1.807) is 6.20 Å². The summed E-state index contributed by atoms with van der Waals surface area (Å²) in [5.74, 6) is -1.47. The van der Waals surface area contributed by atoms with Gasteiger partial charge in [0.05, 0.1) is 18.3 Å². The Labute approximate surface area is 162 Å². The molecule has 0 unspecified atom stereocenters. The van der Waals surface area contributed by atoms with Crippen LogP contribution in [-0.4, -0.2) is 33.2 Å². The minimum atomic E-state index is -0.906.